The minimum Gasteiger partial charge on any atom is -0.493 e. The fourth-order valence-electron chi connectivity index (χ4n) is 2.46. The molecule has 0 aromatic heterocycles. The number of likely N-dealkylation sites (N-methyl/N-ethyl adjacent to an activating group) is 1. The Bertz CT molecular complexity index is 431. The average molecular weight is 279 g/mol. The summed E-state index contributed by atoms with van der Waals surface area (Å²) in [4.78, 5) is 4.72. The van der Waals surface area contributed by atoms with Gasteiger partial charge in [-0.3, -0.25) is 4.90 Å². The number of rotatable bonds is 5. The number of piperazine rings is 1. The van der Waals surface area contributed by atoms with Gasteiger partial charge in [0.1, 0.15) is 0 Å². The number of nitrogens with two attached hydrogens (primary N) is 1. The lowest BCUT2D eigenvalue weighted by molar-refractivity contribution is -0.00651. The van der Waals surface area contributed by atoms with E-state index in [0.717, 1.165) is 44.1 Å². The topological polar surface area (TPSA) is 51.0 Å². The number of benzene rings is 1. The van der Waals surface area contributed by atoms with Crippen molar-refractivity contribution in [1.82, 2.24) is 9.80 Å². The van der Waals surface area contributed by atoms with Crippen molar-refractivity contribution in [2.45, 2.75) is 19.6 Å². The molecule has 2 rings (SSSR count). The molecule has 2 N–H and O–H groups in total. The largest absolute Gasteiger partial charge is 0.493 e. The van der Waals surface area contributed by atoms with E-state index in [9.17, 15) is 0 Å². The molecule has 1 heterocycles. The van der Waals surface area contributed by atoms with Crippen LogP contribution in [0.25, 0.3) is 0 Å². The van der Waals surface area contributed by atoms with Gasteiger partial charge in [0.05, 0.1) is 7.11 Å². The number of ether oxygens (including phenoxy) is 2. The molecule has 20 heavy (non-hydrogen) atoms. The summed E-state index contributed by atoms with van der Waals surface area (Å²) in [6.07, 6.45) is 1.00. The van der Waals surface area contributed by atoms with E-state index in [4.69, 9.17) is 15.2 Å². The number of hydrogen-bond donors (Lipinski definition) is 1. The van der Waals surface area contributed by atoms with Crippen molar-refractivity contribution in [3.8, 4) is 11.5 Å². The Morgan fingerprint density at radius 1 is 1.20 bits per heavy atom. The third-order valence-corrected chi connectivity index (χ3v) is 3.75. The second kappa shape index (κ2) is 6.81. The summed E-state index contributed by atoms with van der Waals surface area (Å²) in [5.41, 5.74) is 6.53. The molecule has 0 radical (unpaired) electrons. The van der Waals surface area contributed by atoms with Gasteiger partial charge >= 0.3 is 0 Å². The minimum absolute atomic E-state index is 0.0689. The zero-order chi connectivity index (χ0) is 14.5. The van der Waals surface area contributed by atoms with Crippen LogP contribution >= 0.6 is 0 Å². The molecule has 5 nitrogen and oxygen atoms in total. The molecular weight excluding hydrogens is 254 g/mol. The lowest BCUT2D eigenvalue weighted by Crippen LogP contribution is -2.50. The highest BCUT2D eigenvalue weighted by Gasteiger charge is 2.23. The minimum atomic E-state index is 0.0689. The van der Waals surface area contributed by atoms with Gasteiger partial charge in [-0.15, -0.1) is 0 Å². The van der Waals surface area contributed by atoms with E-state index in [1.165, 1.54) is 0 Å². The first-order valence-electron chi connectivity index (χ1n) is 7.16. The molecule has 0 aliphatic carbocycles. The molecule has 1 atom stereocenters. The number of hydrogen-bond acceptors (Lipinski definition) is 5. The molecule has 1 saturated heterocycles. The van der Waals surface area contributed by atoms with E-state index in [-0.39, 0.29) is 6.23 Å². The number of nitrogens with zero attached hydrogens (tertiary/aromatic N) is 2. The normalized spacial score (nSPS) is 18.8. The zero-order valence-electron chi connectivity index (χ0n) is 12.6. The van der Waals surface area contributed by atoms with Crippen molar-refractivity contribution in [2.75, 3.05) is 46.1 Å². The SMILES string of the molecule is CCC(Oc1cc(N)ccc1OC)N1CCN(C)CC1. The van der Waals surface area contributed by atoms with Gasteiger partial charge in [-0.1, -0.05) is 6.92 Å². The third-order valence-electron chi connectivity index (χ3n) is 3.75. The maximum absolute atomic E-state index is 6.14. The molecule has 1 aromatic rings. The molecule has 0 amide bonds. The number of anilines is 1. The van der Waals surface area contributed by atoms with Crippen LogP contribution in [0, 0.1) is 0 Å². The van der Waals surface area contributed by atoms with Crippen molar-refractivity contribution >= 4 is 5.69 Å². The summed E-state index contributed by atoms with van der Waals surface area (Å²) in [5, 5.41) is 0. The second-order valence-corrected chi connectivity index (χ2v) is 5.23. The number of methoxy groups -OCH3 is 1. The summed E-state index contributed by atoms with van der Waals surface area (Å²) in [5.74, 6) is 1.45. The maximum Gasteiger partial charge on any atom is 0.165 e. The molecule has 1 aliphatic rings. The number of nitrogen functional groups attached to an aromatic ring is 1. The lowest BCUT2D eigenvalue weighted by Gasteiger charge is -2.37. The van der Waals surface area contributed by atoms with E-state index in [1.807, 2.05) is 18.2 Å². The predicted octanol–water partition coefficient (Wildman–Crippen LogP) is 1.64. The van der Waals surface area contributed by atoms with Crippen molar-refractivity contribution in [2.24, 2.45) is 0 Å². The fraction of sp³-hybridized carbons (Fsp3) is 0.600. The van der Waals surface area contributed by atoms with Crippen LogP contribution in [0.5, 0.6) is 11.5 Å². The van der Waals surface area contributed by atoms with Gasteiger partial charge in [0.25, 0.3) is 0 Å². The highest BCUT2D eigenvalue weighted by Crippen LogP contribution is 2.31. The Hall–Kier alpha value is -1.46. The summed E-state index contributed by atoms with van der Waals surface area (Å²) in [6.45, 7) is 6.35. The van der Waals surface area contributed by atoms with E-state index in [2.05, 4.69) is 23.8 Å². The first-order valence-corrected chi connectivity index (χ1v) is 7.16. The van der Waals surface area contributed by atoms with Crippen LogP contribution < -0.4 is 15.2 Å². The van der Waals surface area contributed by atoms with Crippen LogP contribution in [0.1, 0.15) is 13.3 Å². The highest BCUT2D eigenvalue weighted by atomic mass is 16.5. The van der Waals surface area contributed by atoms with Crippen molar-refractivity contribution in [3.05, 3.63) is 18.2 Å². The van der Waals surface area contributed by atoms with Gasteiger partial charge in [-0.25, -0.2) is 0 Å². The van der Waals surface area contributed by atoms with Crippen LogP contribution in [0.15, 0.2) is 18.2 Å². The van der Waals surface area contributed by atoms with Gasteiger partial charge < -0.3 is 20.1 Å². The smallest absolute Gasteiger partial charge is 0.165 e. The monoisotopic (exact) mass is 279 g/mol. The first kappa shape index (κ1) is 14.9. The molecule has 0 bridgehead atoms. The molecule has 1 unspecified atom stereocenters. The fourth-order valence-corrected chi connectivity index (χ4v) is 2.46. The Balaban J connectivity index is 2.08. The Kier molecular flexibility index (Phi) is 5.09. The Morgan fingerprint density at radius 2 is 1.90 bits per heavy atom. The van der Waals surface area contributed by atoms with E-state index in [1.54, 1.807) is 7.11 Å². The maximum atomic E-state index is 6.14. The summed E-state index contributed by atoms with van der Waals surface area (Å²) in [7, 11) is 3.80. The standard InChI is InChI=1S/C15H25N3O2/c1-4-15(18-9-7-17(2)8-10-18)20-14-11-12(16)5-6-13(14)19-3/h5-6,11,15H,4,7-10,16H2,1-3H3. The summed E-state index contributed by atoms with van der Waals surface area (Å²) < 4.78 is 11.5. The summed E-state index contributed by atoms with van der Waals surface area (Å²) >= 11 is 0. The molecule has 1 fully saturated rings. The third kappa shape index (κ3) is 3.55. The van der Waals surface area contributed by atoms with Gasteiger partial charge in [0.15, 0.2) is 17.7 Å². The van der Waals surface area contributed by atoms with Gasteiger partial charge in [-0.05, 0) is 25.6 Å². The molecular formula is C15H25N3O2. The predicted molar refractivity (Wildman–Crippen MR) is 81.2 cm³/mol. The van der Waals surface area contributed by atoms with E-state index < -0.39 is 0 Å². The highest BCUT2D eigenvalue weighted by molar-refractivity contribution is 5.52. The van der Waals surface area contributed by atoms with Crippen LogP contribution in [0.3, 0.4) is 0 Å². The second-order valence-electron chi connectivity index (χ2n) is 5.23. The summed E-state index contributed by atoms with van der Waals surface area (Å²) in [6, 6.07) is 5.50. The molecule has 5 heteroatoms. The quantitative estimate of drug-likeness (QED) is 0.830. The van der Waals surface area contributed by atoms with Gasteiger partial charge in [0.2, 0.25) is 0 Å². The van der Waals surface area contributed by atoms with Gasteiger partial charge in [0, 0.05) is 37.9 Å². The molecule has 112 valence electrons. The Morgan fingerprint density at radius 3 is 2.50 bits per heavy atom. The lowest BCUT2D eigenvalue weighted by atomic mass is 10.2. The van der Waals surface area contributed by atoms with Crippen LogP contribution in [-0.4, -0.2) is 56.4 Å². The zero-order valence-corrected chi connectivity index (χ0v) is 12.6. The van der Waals surface area contributed by atoms with Gasteiger partial charge in [-0.2, -0.15) is 0 Å². The van der Waals surface area contributed by atoms with Crippen LogP contribution in [-0.2, 0) is 0 Å². The van der Waals surface area contributed by atoms with Crippen molar-refractivity contribution in [1.29, 1.82) is 0 Å². The first-order chi connectivity index (χ1) is 9.63. The van der Waals surface area contributed by atoms with Crippen molar-refractivity contribution in [3.63, 3.8) is 0 Å². The molecule has 1 aliphatic heterocycles. The Labute approximate surface area is 121 Å². The van der Waals surface area contributed by atoms with Crippen molar-refractivity contribution < 1.29 is 9.47 Å². The van der Waals surface area contributed by atoms with Crippen LogP contribution in [0.4, 0.5) is 5.69 Å². The molecule has 0 saturated carbocycles. The van der Waals surface area contributed by atoms with Crippen LogP contribution in [0.2, 0.25) is 0 Å². The molecule has 1 aromatic carbocycles. The average Bonchev–Trinajstić information content (AvgIpc) is 2.46. The van der Waals surface area contributed by atoms with E-state index >= 15 is 0 Å². The molecule has 0 spiro atoms. The van der Waals surface area contributed by atoms with E-state index in [0.29, 0.717) is 5.69 Å².